The van der Waals surface area contributed by atoms with E-state index >= 15 is 0 Å². The number of non-ortho nitro benzene ring substituents is 1. The van der Waals surface area contributed by atoms with Gasteiger partial charge in [-0.2, -0.15) is 5.10 Å². The summed E-state index contributed by atoms with van der Waals surface area (Å²) in [6.45, 7) is 5.01. The van der Waals surface area contributed by atoms with E-state index < -0.39 is 14.9 Å². The van der Waals surface area contributed by atoms with Gasteiger partial charge in [0, 0.05) is 18.2 Å². The molecule has 9 heteroatoms. The van der Waals surface area contributed by atoms with E-state index in [1.54, 1.807) is 39.0 Å². The standard InChI is InChI=1S/C18H18N4O4S/c1-12-9-16(22(23)24)11-17(14(12)3)27(25,26)20-18-10-13(2)19-21(18)15-7-5-4-6-8-15/h4-11,20H,1-3H3. The van der Waals surface area contributed by atoms with Crippen molar-refractivity contribution >= 4 is 21.5 Å². The van der Waals surface area contributed by atoms with Gasteiger partial charge in [0.2, 0.25) is 0 Å². The molecule has 2 aromatic carbocycles. The van der Waals surface area contributed by atoms with Gasteiger partial charge in [0.05, 0.1) is 21.2 Å². The molecule has 0 unspecified atom stereocenters. The Balaban J connectivity index is 2.08. The summed E-state index contributed by atoms with van der Waals surface area (Å²) < 4.78 is 29.9. The van der Waals surface area contributed by atoms with Crippen molar-refractivity contribution in [3.05, 3.63) is 75.5 Å². The maximum atomic E-state index is 13.0. The van der Waals surface area contributed by atoms with Crippen LogP contribution in [0.4, 0.5) is 11.5 Å². The minimum absolute atomic E-state index is 0.132. The van der Waals surface area contributed by atoms with Gasteiger partial charge in [-0.3, -0.25) is 14.8 Å². The lowest BCUT2D eigenvalue weighted by Gasteiger charge is -2.13. The van der Waals surface area contributed by atoms with Gasteiger partial charge in [-0.05, 0) is 44.0 Å². The first-order valence-electron chi connectivity index (χ1n) is 8.09. The molecule has 1 aromatic heterocycles. The third kappa shape index (κ3) is 3.68. The van der Waals surface area contributed by atoms with Crippen molar-refractivity contribution in [2.45, 2.75) is 25.7 Å². The fourth-order valence-electron chi connectivity index (χ4n) is 2.72. The van der Waals surface area contributed by atoms with Crippen molar-refractivity contribution in [1.82, 2.24) is 9.78 Å². The number of rotatable bonds is 5. The molecule has 0 saturated carbocycles. The summed E-state index contributed by atoms with van der Waals surface area (Å²) in [7, 11) is -4.05. The van der Waals surface area contributed by atoms with Crippen LogP contribution in [0.2, 0.25) is 0 Å². The smallest absolute Gasteiger partial charge is 0.263 e. The van der Waals surface area contributed by atoms with Gasteiger partial charge >= 0.3 is 0 Å². The predicted octanol–water partition coefficient (Wildman–Crippen LogP) is 3.51. The average molecular weight is 386 g/mol. The Morgan fingerprint density at radius 3 is 2.37 bits per heavy atom. The van der Waals surface area contributed by atoms with E-state index in [4.69, 9.17) is 0 Å². The zero-order chi connectivity index (χ0) is 19.8. The molecule has 0 saturated heterocycles. The first-order chi connectivity index (χ1) is 12.7. The molecule has 0 bridgehead atoms. The maximum Gasteiger partial charge on any atom is 0.271 e. The lowest BCUT2D eigenvalue weighted by molar-refractivity contribution is -0.385. The number of aromatic nitrogens is 2. The summed E-state index contributed by atoms with van der Waals surface area (Å²) in [6.07, 6.45) is 0. The molecule has 0 atom stereocenters. The molecule has 3 aromatic rings. The van der Waals surface area contributed by atoms with Crippen LogP contribution < -0.4 is 4.72 Å². The fourth-order valence-corrected chi connectivity index (χ4v) is 4.09. The van der Waals surface area contributed by atoms with Gasteiger partial charge in [0.25, 0.3) is 15.7 Å². The van der Waals surface area contributed by atoms with Crippen LogP contribution in [0.5, 0.6) is 0 Å². The zero-order valence-corrected chi connectivity index (χ0v) is 15.8. The van der Waals surface area contributed by atoms with E-state index in [-0.39, 0.29) is 16.4 Å². The van der Waals surface area contributed by atoms with E-state index in [0.717, 1.165) is 6.07 Å². The van der Waals surface area contributed by atoms with Crippen LogP contribution in [-0.2, 0) is 10.0 Å². The van der Waals surface area contributed by atoms with Crippen LogP contribution in [0.3, 0.4) is 0 Å². The summed E-state index contributed by atoms with van der Waals surface area (Å²) in [5.74, 6) is 0.252. The van der Waals surface area contributed by atoms with Crippen molar-refractivity contribution in [1.29, 1.82) is 0 Å². The first-order valence-corrected chi connectivity index (χ1v) is 9.58. The SMILES string of the molecule is Cc1cc(NS(=O)(=O)c2cc([N+](=O)[O-])cc(C)c2C)n(-c2ccccc2)n1. The molecule has 0 amide bonds. The molecule has 0 radical (unpaired) electrons. The van der Waals surface area contributed by atoms with Gasteiger partial charge in [0.15, 0.2) is 0 Å². The van der Waals surface area contributed by atoms with Gasteiger partial charge < -0.3 is 0 Å². The Kier molecular flexibility index (Phi) is 4.71. The Labute approximate surface area is 156 Å². The van der Waals surface area contributed by atoms with Crippen molar-refractivity contribution in [2.24, 2.45) is 0 Å². The second-order valence-corrected chi connectivity index (χ2v) is 7.82. The summed E-state index contributed by atoms with van der Waals surface area (Å²) >= 11 is 0. The highest BCUT2D eigenvalue weighted by Crippen LogP contribution is 2.28. The number of para-hydroxylation sites is 1. The van der Waals surface area contributed by atoms with Gasteiger partial charge in [-0.25, -0.2) is 13.1 Å². The molecule has 0 spiro atoms. The van der Waals surface area contributed by atoms with E-state index in [9.17, 15) is 18.5 Å². The zero-order valence-electron chi connectivity index (χ0n) is 15.0. The van der Waals surface area contributed by atoms with Crippen LogP contribution in [0, 0.1) is 30.9 Å². The lowest BCUT2D eigenvalue weighted by Crippen LogP contribution is -2.17. The number of hydrogen-bond acceptors (Lipinski definition) is 5. The second kappa shape index (κ2) is 6.84. The highest BCUT2D eigenvalue weighted by Gasteiger charge is 2.24. The number of nitrogens with one attached hydrogen (secondary N) is 1. The largest absolute Gasteiger partial charge is 0.271 e. The molecule has 0 aliphatic rings. The number of hydrogen-bond donors (Lipinski definition) is 1. The lowest BCUT2D eigenvalue weighted by atomic mass is 10.1. The number of anilines is 1. The highest BCUT2D eigenvalue weighted by molar-refractivity contribution is 7.92. The van der Waals surface area contributed by atoms with Gasteiger partial charge in [-0.1, -0.05) is 18.2 Å². The van der Waals surface area contributed by atoms with Crippen molar-refractivity contribution in [2.75, 3.05) is 4.72 Å². The van der Waals surface area contributed by atoms with Crippen molar-refractivity contribution in [3.63, 3.8) is 0 Å². The summed E-state index contributed by atoms with van der Waals surface area (Å²) in [6, 6.07) is 13.1. The average Bonchev–Trinajstić information content (AvgIpc) is 2.97. The van der Waals surface area contributed by atoms with Gasteiger partial charge in [-0.15, -0.1) is 0 Å². The summed E-state index contributed by atoms with van der Waals surface area (Å²) in [4.78, 5) is 10.4. The Hall–Kier alpha value is -3.20. The summed E-state index contributed by atoms with van der Waals surface area (Å²) in [5.41, 5.74) is 2.03. The first kappa shape index (κ1) is 18.6. The maximum absolute atomic E-state index is 13.0. The molecule has 1 heterocycles. The van der Waals surface area contributed by atoms with E-state index in [1.165, 1.54) is 10.7 Å². The number of nitro benzene ring substituents is 1. The van der Waals surface area contributed by atoms with Crippen LogP contribution >= 0.6 is 0 Å². The predicted molar refractivity (Wildman–Crippen MR) is 102 cm³/mol. The topological polar surface area (TPSA) is 107 Å². The number of aryl methyl sites for hydroxylation is 2. The molecule has 3 rings (SSSR count). The Morgan fingerprint density at radius 2 is 1.74 bits per heavy atom. The minimum Gasteiger partial charge on any atom is -0.263 e. The van der Waals surface area contributed by atoms with Crippen LogP contribution in [0.15, 0.2) is 53.4 Å². The molecule has 8 nitrogen and oxygen atoms in total. The number of sulfonamides is 1. The molecule has 1 N–H and O–H groups in total. The van der Waals surface area contributed by atoms with Crippen LogP contribution in [-0.4, -0.2) is 23.1 Å². The molecule has 0 aliphatic carbocycles. The number of nitro groups is 1. The normalized spacial score (nSPS) is 11.4. The molecule has 27 heavy (non-hydrogen) atoms. The monoisotopic (exact) mass is 386 g/mol. The molecule has 0 fully saturated rings. The van der Waals surface area contributed by atoms with E-state index in [2.05, 4.69) is 9.82 Å². The highest BCUT2D eigenvalue weighted by atomic mass is 32.2. The molecule has 140 valence electrons. The third-order valence-electron chi connectivity index (χ3n) is 4.18. The Morgan fingerprint density at radius 1 is 1.07 bits per heavy atom. The van der Waals surface area contributed by atoms with Crippen LogP contribution in [0.25, 0.3) is 5.69 Å². The number of nitrogens with zero attached hydrogens (tertiary/aromatic N) is 3. The van der Waals surface area contributed by atoms with Crippen LogP contribution in [0.1, 0.15) is 16.8 Å². The van der Waals surface area contributed by atoms with E-state index in [1.807, 2.05) is 18.2 Å². The van der Waals surface area contributed by atoms with Gasteiger partial charge in [0.1, 0.15) is 5.82 Å². The molecule has 0 aliphatic heterocycles. The Bertz CT molecular complexity index is 1120. The molecular formula is C18H18N4O4S. The third-order valence-corrected chi connectivity index (χ3v) is 5.66. The van der Waals surface area contributed by atoms with E-state index in [0.29, 0.717) is 22.5 Å². The number of benzene rings is 2. The van der Waals surface area contributed by atoms with Crippen molar-refractivity contribution in [3.8, 4) is 5.69 Å². The quantitative estimate of drug-likeness (QED) is 0.533. The minimum atomic E-state index is -4.05. The fraction of sp³-hybridized carbons (Fsp3) is 0.167. The van der Waals surface area contributed by atoms with Crippen molar-refractivity contribution < 1.29 is 13.3 Å². The molecular weight excluding hydrogens is 368 g/mol. The summed E-state index contributed by atoms with van der Waals surface area (Å²) in [5, 5.41) is 15.4. The second-order valence-electron chi connectivity index (χ2n) is 6.17.